The predicted octanol–water partition coefficient (Wildman–Crippen LogP) is 3.23. The maximum atomic E-state index is 12.3. The van der Waals surface area contributed by atoms with Crippen LogP contribution in [-0.4, -0.2) is 35.2 Å². The van der Waals surface area contributed by atoms with Crippen molar-refractivity contribution in [2.45, 2.75) is 51.7 Å². The van der Waals surface area contributed by atoms with Crippen LogP contribution in [0.1, 0.15) is 39.2 Å². The lowest BCUT2D eigenvalue weighted by Gasteiger charge is -2.22. The summed E-state index contributed by atoms with van der Waals surface area (Å²) in [6.07, 6.45) is 0.619. The highest BCUT2D eigenvalue weighted by Crippen LogP contribution is 2.32. The summed E-state index contributed by atoms with van der Waals surface area (Å²) in [6, 6.07) is 14.1. The van der Waals surface area contributed by atoms with Gasteiger partial charge in [0.1, 0.15) is 5.60 Å². The average Bonchev–Trinajstić information content (AvgIpc) is 2.99. The standard InChI is InChI=1S/C23H29NO4/c1-23(2,3)28-22(27)18-12-19(20(25)13-18)14-24-21(26)11-15-8-9-16-6-4-5-7-17(16)10-15/h4-10,18-20,25H,11-14H2,1-3H3,(H,24,26)/t18-,19-,20-/m0/s1. The van der Waals surface area contributed by atoms with Crippen LogP contribution in [0.4, 0.5) is 0 Å². The van der Waals surface area contributed by atoms with E-state index < -0.39 is 11.7 Å². The molecule has 0 spiro atoms. The Balaban J connectivity index is 1.50. The number of fused-ring (bicyclic) bond motifs is 1. The number of carbonyl (C=O) groups excluding carboxylic acids is 2. The van der Waals surface area contributed by atoms with E-state index in [9.17, 15) is 14.7 Å². The van der Waals surface area contributed by atoms with Gasteiger partial charge in [-0.3, -0.25) is 9.59 Å². The number of aliphatic hydroxyl groups is 1. The molecule has 0 saturated heterocycles. The lowest BCUT2D eigenvalue weighted by atomic mass is 10.0. The third-order valence-corrected chi connectivity index (χ3v) is 5.14. The van der Waals surface area contributed by atoms with Crippen LogP contribution in [0.15, 0.2) is 42.5 Å². The van der Waals surface area contributed by atoms with Crippen LogP contribution in [0.25, 0.3) is 10.8 Å². The molecule has 1 fully saturated rings. The molecule has 2 aromatic carbocycles. The summed E-state index contributed by atoms with van der Waals surface area (Å²) in [5, 5.41) is 15.4. The maximum absolute atomic E-state index is 12.3. The minimum atomic E-state index is -0.599. The Morgan fingerprint density at radius 2 is 1.82 bits per heavy atom. The van der Waals surface area contributed by atoms with Gasteiger partial charge in [0.15, 0.2) is 0 Å². The molecule has 1 saturated carbocycles. The topological polar surface area (TPSA) is 75.6 Å². The maximum Gasteiger partial charge on any atom is 0.309 e. The van der Waals surface area contributed by atoms with E-state index in [2.05, 4.69) is 5.32 Å². The Hall–Kier alpha value is -2.40. The van der Waals surface area contributed by atoms with Crippen molar-refractivity contribution >= 4 is 22.6 Å². The molecule has 150 valence electrons. The lowest BCUT2D eigenvalue weighted by Crippen LogP contribution is -2.33. The van der Waals surface area contributed by atoms with Crippen LogP contribution in [0, 0.1) is 11.8 Å². The number of amides is 1. The SMILES string of the molecule is CC(C)(C)OC(=O)[C@H]1C[C@@H](CNC(=O)Cc2ccc3ccccc3c2)[C@@H](O)C1. The minimum absolute atomic E-state index is 0.0804. The van der Waals surface area contributed by atoms with E-state index in [-0.39, 0.29) is 23.7 Å². The Labute approximate surface area is 166 Å². The number of ether oxygens (including phenoxy) is 1. The van der Waals surface area contributed by atoms with Crippen LogP contribution in [0.2, 0.25) is 0 Å². The molecule has 2 N–H and O–H groups in total. The van der Waals surface area contributed by atoms with Crippen LogP contribution >= 0.6 is 0 Å². The van der Waals surface area contributed by atoms with Crippen molar-refractivity contribution in [2.24, 2.45) is 11.8 Å². The van der Waals surface area contributed by atoms with Crippen LogP contribution in [0.3, 0.4) is 0 Å². The molecular weight excluding hydrogens is 354 g/mol. The summed E-state index contributed by atoms with van der Waals surface area (Å²) in [5.41, 5.74) is 0.420. The van der Waals surface area contributed by atoms with Crippen molar-refractivity contribution in [1.82, 2.24) is 5.32 Å². The highest BCUT2D eigenvalue weighted by Gasteiger charge is 2.38. The van der Waals surface area contributed by atoms with Crippen molar-refractivity contribution in [2.75, 3.05) is 6.54 Å². The Bertz CT molecular complexity index is 855. The summed E-state index contributed by atoms with van der Waals surface area (Å²) in [5.74, 6) is -0.783. The van der Waals surface area contributed by atoms with Crippen molar-refractivity contribution in [3.63, 3.8) is 0 Å². The van der Waals surface area contributed by atoms with Crippen molar-refractivity contribution in [3.8, 4) is 0 Å². The van der Waals surface area contributed by atoms with Crippen molar-refractivity contribution < 1.29 is 19.4 Å². The van der Waals surface area contributed by atoms with E-state index in [1.54, 1.807) is 0 Å². The first-order chi connectivity index (χ1) is 13.2. The average molecular weight is 383 g/mol. The normalized spacial score (nSPS) is 22.2. The Morgan fingerprint density at radius 3 is 2.54 bits per heavy atom. The second-order valence-electron chi connectivity index (χ2n) is 8.69. The molecule has 0 radical (unpaired) electrons. The van der Waals surface area contributed by atoms with Gasteiger partial charge in [-0.05, 0) is 49.9 Å². The zero-order chi connectivity index (χ0) is 20.3. The summed E-state index contributed by atoms with van der Waals surface area (Å²) < 4.78 is 5.42. The summed E-state index contributed by atoms with van der Waals surface area (Å²) in [7, 11) is 0. The predicted molar refractivity (Wildman–Crippen MR) is 109 cm³/mol. The Morgan fingerprint density at radius 1 is 1.11 bits per heavy atom. The molecule has 0 bridgehead atoms. The molecule has 3 atom stereocenters. The second kappa shape index (κ2) is 8.31. The summed E-state index contributed by atoms with van der Waals surface area (Å²) in [6.45, 7) is 5.87. The van der Waals surface area contributed by atoms with E-state index >= 15 is 0 Å². The minimum Gasteiger partial charge on any atom is -0.460 e. The van der Waals surface area contributed by atoms with Gasteiger partial charge in [-0.1, -0.05) is 42.5 Å². The van der Waals surface area contributed by atoms with Gasteiger partial charge in [0.25, 0.3) is 0 Å². The second-order valence-corrected chi connectivity index (χ2v) is 8.69. The van der Waals surface area contributed by atoms with Crippen LogP contribution in [-0.2, 0) is 20.7 Å². The van der Waals surface area contributed by atoms with E-state index in [0.29, 0.717) is 25.8 Å². The molecule has 0 unspecified atom stereocenters. The largest absolute Gasteiger partial charge is 0.460 e. The molecule has 5 nitrogen and oxygen atoms in total. The molecule has 0 heterocycles. The molecule has 0 aliphatic heterocycles. The number of nitrogens with one attached hydrogen (secondary N) is 1. The van der Waals surface area contributed by atoms with Crippen LogP contribution < -0.4 is 5.32 Å². The molecule has 3 rings (SSSR count). The Kier molecular flexibility index (Phi) is 6.04. The smallest absolute Gasteiger partial charge is 0.309 e. The van der Waals surface area contributed by atoms with Crippen molar-refractivity contribution in [1.29, 1.82) is 0 Å². The lowest BCUT2D eigenvalue weighted by molar-refractivity contribution is -0.160. The first-order valence-electron chi connectivity index (χ1n) is 9.86. The number of hydrogen-bond acceptors (Lipinski definition) is 4. The monoisotopic (exact) mass is 383 g/mol. The van der Waals surface area contributed by atoms with E-state index in [1.807, 2.05) is 63.2 Å². The summed E-state index contributed by atoms with van der Waals surface area (Å²) >= 11 is 0. The van der Waals surface area contributed by atoms with Crippen molar-refractivity contribution in [3.05, 3.63) is 48.0 Å². The number of carbonyl (C=O) groups is 2. The molecular formula is C23H29NO4. The quantitative estimate of drug-likeness (QED) is 0.778. The number of hydrogen-bond donors (Lipinski definition) is 2. The summed E-state index contributed by atoms with van der Waals surface area (Å²) in [4.78, 5) is 24.5. The fourth-order valence-electron chi connectivity index (χ4n) is 3.74. The van der Waals surface area contributed by atoms with Gasteiger partial charge in [0.2, 0.25) is 5.91 Å². The fraction of sp³-hybridized carbons (Fsp3) is 0.478. The number of rotatable bonds is 5. The molecule has 28 heavy (non-hydrogen) atoms. The van der Waals surface area contributed by atoms with E-state index in [4.69, 9.17) is 4.74 Å². The van der Waals surface area contributed by atoms with Gasteiger partial charge >= 0.3 is 5.97 Å². The molecule has 2 aromatic rings. The molecule has 5 heteroatoms. The molecule has 1 aliphatic carbocycles. The molecule has 1 amide bonds. The zero-order valence-corrected chi connectivity index (χ0v) is 16.8. The van der Waals surface area contributed by atoms with Crippen LogP contribution in [0.5, 0.6) is 0 Å². The highest BCUT2D eigenvalue weighted by molar-refractivity contribution is 5.85. The third-order valence-electron chi connectivity index (χ3n) is 5.14. The van der Waals surface area contributed by atoms with Gasteiger partial charge in [0, 0.05) is 12.5 Å². The third kappa shape index (κ3) is 5.32. The van der Waals surface area contributed by atoms with Gasteiger partial charge in [-0.25, -0.2) is 0 Å². The van der Waals surface area contributed by atoms with E-state index in [1.165, 1.54) is 0 Å². The van der Waals surface area contributed by atoms with Gasteiger partial charge < -0.3 is 15.2 Å². The number of aliphatic hydroxyl groups excluding tert-OH is 1. The zero-order valence-electron chi connectivity index (χ0n) is 16.8. The fourth-order valence-corrected chi connectivity index (χ4v) is 3.74. The first-order valence-corrected chi connectivity index (χ1v) is 9.86. The molecule has 1 aliphatic rings. The van der Waals surface area contributed by atoms with E-state index in [0.717, 1.165) is 16.3 Å². The van der Waals surface area contributed by atoms with Gasteiger partial charge in [-0.15, -0.1) is 0 Å². The highest BCUT2D eigenvalue weighted by atomic mass is 16.6. The number of benzene rings is 2. The molecule has 0 aromatic heterocycles. The van der Waals surface area contributed by atoms with Gasteiger partial charge in [0.05, 0.1) is 18.4 Å². The first kappa shape index (κ1) is 20.3. The number of esters is 1. The van der Waals surface area contributed by atoms with Gasteiger partial charge in [-0.2, -0.15) is 0 Å².